The average Bonchev–Trinajstić information content (AvgIpc) is 2.19. The molecule has 0 heterocycles. The Balaban J connectivity index is 2.46. The lowest BCUT2D eigenvalue weighted by molar-refractivity contribution is 0.254. The van der Waals surface area contributed by atoms with Crippen molar-refractivity contribution in [3.63, 3.8) is 0 Å². The highest BCUT2D eigenvalue weighted by molar-refractivity contribution is 7.86. The van der Waals surface area contributed by atoms with Gasteiger partial charge in [0.15, 0.2) is 0 Å². The quantitative estimate of drug-likeness (QED) is 0.703. The fourth-order valence-electron chi connectivity index (χ4n) is 1.80. The van der Waals surface area contributed by atoms with E-state index in [1.165, 1.54) is 15.0 Å². The number of hydrogen-bond acceptors (Lipinski definition) is 3. The van der Waals surface area contributed by atoms with Crippen LogP contribution >= 0.6 is 0 Å². The maximum Gasteiger partial charge on any atom is 0.281 e. The van der Waals surface area contributed by atoms with E-state index in [9.17, 15) is 8.42 Å². The molecule has 0 aromatic carbocycles. The summed E-state index contributed by atoms with van der Waals surface area (Å²) in [4.78, 5) is 0. The Kier molecular flexibility index (Phi) is 5.17. The molecule has 0 spiro atoms. The highest BCUT2D eigenvalue weighted by atomic mass is 32.2. The third kappa shape index (κ3) is 3.41. The molecule has 2 N–H and O–H groups in total. The van der Waals surface area contributed by atoms with Crippen LogP contribution in [0.4, 0.5) is 0 Å². The molecule has 0 amide bonds. The Hall–Kier alpha value is -0.170. The summed E-state index contributed by atoms with van der Waals surface area (Å²) in [5, 5.41) is 0. The Morgan fingerprint density at radius 3 is 2.31 bits per heavy atom. The summed E-state index contributed by atoms with van der Waals surface area (Å²) < 4.78 is 26.9. The van der Waals surface area contributed by atoms with Gasteiger partial charge in [-0.1, -0.05) is 6.42 Å². The van der Waals surface area contributed by atoms with Gasteiger partial charge < -0.3 is 5.73 Å². The van der Waals surface area contributed by atoms with Crippen molar-refractivity contribution < 1.29 is 8.42 Å². The molecular formula is C10H23N3O2S. The van der Waals surface area contributed by atoms with Crippen molar-refractivity contribution in [2.75, 3.05) is 33.7 Å². The van der Waals surface area contributed by atoms with Gasteiger partial charge in [0.05, 0.1) is 0 Å². The Morgan fingerprint density at radius 1 is 1.25 bits per heavy atom. The zero-order valence-electron chi connectivity index (χ0n) is 10.2. The van der Waals surface area contributed by atoms with Gasteiger partial charge in [-0.3, -0.25) is 0 Å². The van der Waals surface area contributed by atoms with Gasteiger partial charge in [-0.2, -0.15) is 17.0 Å². The van der Waals surface area contributed by atoms with E-state index in [0.717, 1.165) is 12.8 Å². The molecule has 1 fully saturated rings. The highest BCUT2D eigenvalue weighted by Gasteiger charge is 2.27. The van der Waals surface area contributed by atoms with Crippen LogP contribution in [0.5, 0.6) is 0 Å². The minimum atomic E-state index is -3.27. The molecule has 1 aliphatic rings. The van der Waals surface area contributed by atoms with Crippen LogP contribution in [-0.2, 0) is 10.2 Å². The van der Waals surface area contributed by atoms with Gasteiger partial charge in [0.2, 0.25) is 0 Å². The molecule has 0 aromatic rings. The zero-order valence-corrected chi connectivity index (χ0v) is 11.0. The first-order valence-corrected chi connectivity index (χ1v) is 7.26. The molecule has 1 rings (SSSR count). The molecule has 6 heteroatoms. The van der Waals surface area contributed by atoms with Crippen molar-refractivity contribution in [2.24, 2.45) is 11.7 Å². The summed E-state index contributed by atoms with van der Waals surface area (Å²) in [5.74, 6) is 0.558. The van der Waals surface area contributed by atoms with Gasteiger partial charge >= 0.3 is 0 Å². The molecule has 0 saturated heterocycles. The van der Waals surface area contributed by atoms with Gasteiger partial charge in [-0.15, -0.1) is 0 Å². The Labute approximate surface area is 98.8 Å². The van der Waals surface area contributed by atoms with Crippen molar-refractivity contribution >= 4 is 10.2 Å². The van der Waals surface area contributed by atoms with E-state index >= 15 is 0 Å². The fraction of sp³-hybridized carbons (Fsp3) is 1.00. The standard InChI is InChI=1S/C10H23N3O2S/c1-12(8-4-7-11)16(14,15)13(2)9-10-5-3-6-10/h10H,3-9,11H2,1-2H3. The summed E-state index contributed by atoms with van der Waals surface area (Å²) >= 11 is 0. The van der Waals surface area contributed by atoms with E-state index in [1.54, 1.807) is 14.1 Å². The first kappa shape index (κ1) is 13.9. The Morgan fingerprint density at radius 2 is 1.88 bits per heavy atom. The van der Waals surface area contributed by atoms with Crippen LogP contribution in [0.1, 0.15) is 25.7 Å². The molecule has 0 bridgehead atoms. The van der Waals surface area contributed by atoms with E-state index in [0.29, 0.717) is 32.0 Å². The number of hydrogen-bond donors (Lipinski definition) is 1. The lowest BCUT2D eigenvalue weighted by Crippen LogP contribution is -2.43. The van der Waals surface area contributed by atoms with Crippen molar-refractivity contribution in [3.8, 4) is 0 Å². The molecule has 0 atom stereocenters. The zero-order chi connectivity index (χ0) is 12.2. The first-order chi connectivity index (χ1) is 7.48. The molecule has 0 unspecified atom stereocenters. The molecule has 1 saturated carbocycles. The van der Waals surface area contributed by atoms with Gasteiger partial charge in [-0.25, -0.2) is 0 Å². The normalized spacial score (nSPS) is 18.1. The molecule has 96 valence electrons. The minimum absolute atomic E-state index is 0.494. The van der Waals surface area contributed by atoms with E-state index in [2.05, 4.69) is 0 Å². The third-order valence-corrected chi connectivity index (χ3v) is 5.11. The summed E-state index contributed by atoms with van der Waals surface area (Å²) in [5.41, 5.74) is 5.37. The maximum atomic E-state index is 12.0. The van der Waals surface area contributed by atoms with Crippen LogP contribution in [0.25, 0.3) is 0 Å². The summed E-state index contributed by atoms with van der Waals surface area (Å²) in [6, 6.07) is 0. The second-order valence-corrected chi connectivity index (χ2v) is 6.69. The van der Waals surface area contributed by atoms with Crippen molar-refractivity contribution in [1.29, 1.82) is 0 Å². The molecule has 0 aromatic heterocycles. The van der Waals surface area contributed by atoms with Gasteiger partial charge in [0, 0.05) is 27.2 Å². The third-order valence-electron chi connectivity index (χ3n) is 3.20. The fourth-order valence-corrected chi connectivity index (χ4v) is 3.04. The lowest BCUT2D eigenvalue weighted by Gasteiger charge is -2.31. The van der Waals surface area contributed by atoms with Gasteiger partial charge in [0.25, 0.3) is 10.2 Å². The van der Waals surface area contributed by atoms with Crippen molar-refractivity contribution in [1.82, 2.24) is 8.61 Å². The predicted molar refractivity (Wildman–Crippen MR) is 65.2 cm³/mol. The molecule has 16 heavy (non-hydrogen) atoms. The second kappa shape index (κ2) is 5.95. The minimum Gasteiger partial charge on any atom is -0.330 e. The van der Waals surface area contributed by atoms with E-state index in [-0.39, 0.29) is 0 Å². The molecule has 0 radical (unpaired) electrons. The van der Waals surface area contributed by atoms with Crippen LogP contribution in [0.15, 0.2) is 0 Å². The largest absolute Gasteiger partial charge is 0.330 e. The predicted octanol–water partition coefficient (Wildman–Crippen LogP) is 0.244. The van der Waals surface area contributed by atoms with Crippen LogP contribution in [0.3, 0.4) is 0 Å². The van der Waals surface area contributed by atoms with E-state index in [4.69, 9.17) is 5.73 Å². The summed E-state index contributed by atoms with van der Waals surface area (Å²) in [6.45, 7) is 1.66. The van der Waals surface area contributed by atoms with Gasteiger partial charge in [0.1, 0.15) is 0 Å². The first-order valence-electron chi connectivity index (χ1n) is 5.86. The number of rotatable bonds is 7. The average molecular weight is 249 g/mol. The maximum absolute atomic E-state index is 12.0. The molecular weight excluding hydrogens is 226 g/mol. The van der Waals surface area contributed by atoms with Crippen LogP contribution < -0.4 is 5.73 Å². The second-order valence-electron chi connectivity index (χ2n) is 4.55. The molecule has 5 nitrogen and oxygen atoms in total. The van der Waals surface area contributed by atoms with Crippen LogP contribution in [-0.4, -0.2) is 50.8 Å². The topological polar surface area (TPSA) is 66.6 Å². The monoisotopic (exact) mass is 249 g/mol. The van der Waals surface area contributed by atoms with Crippen LogP contribution in [0, 0.1) is 5.92 Å². The van der Waals surface area contributed by atoms with Crippen molar-refractivity contribution in [3.05, 3.63) is 0 Å². The van der Waals surface area contributed by atoms with E-state index in [1.807, 2.05) is 0 Å². The van der Waals surface area contributed by atoms with Gasteiger partial charge in [-0.05, 0) is 31.7 Å². The number of nitrogens with zero attached hydrogens (tertiary/aromatic N) is 2. The summed E-state index contributed by atoms with van der Waals surface area (Å²) in [6.07, 6.45) is 4.26. The lowest BCUT2D eigenvalue weighted by atomic mass is 9.86. The molecule has 1 aliphatic carbocycles. The number of nitrogens with two attached hydrogens (primary N) is 1. The summed E-state index contributed by atoms with van der Waals surface area (Å²) in [7, 11) is 0.00130. The highest BCUT2D eigenvalue weighted by Crippen LogP contribution is 2.27. The van der Waals surface area contributed by atoms with Crippen molar-refractivity contribution in [2.45, 2.75) is 25.7 Å². The molecule has 0 aliphatic heterocycles. The van der Waals surface area contributed by atoms with Crippen LogP contribution in [0.2, 0.25) is 0 Å². The van der Waals surface area contributed by atoms with E-state index < -0.39 is 10.2 Å². The SMILES string of the molecule is CN(CCCN)S(=O)(=O)N(C)CC1CCC1. The Bertz CT molecular complexity index is 301. The smallest absolute Gasteiger partial charge is 0.281 e.